The van der Waals surface area contributed by atoms with Crippen LogP contribution in [0.2, 0.25) is 0 Å². The highest BCUT2D eigenvalue weighted by atomic mass is 79.9. The van der Waals surface area contributed by atoms with Crippen molar-refractivity contribution < 1.29 is 9.13 Å². The summed E-state index contributed by atoms with van der Waals surface area (Å²) in [6.45, 7) is 4.76. The summed E-state index contributed by atoms with van der Waals surface area (Å²) in [6.07, 6.45) is 1.57. The van der Waals surface area contributed by atoms with Gasteiger partial charge in [-0.1, -0.05) is 48.0 Å². The van der Waals surface area contributed by atoms with E-state index in [2.05, 4.69) is 26.2 Å². The Kier molecular flexibility index (Phi) is 5.70. The molecule has 0 unspecified atom stereocenters. The molecule has 0 saturated heterocycles. The summed E-state index contributed by atoms with van der Waals surface area (Å²) >= 11 is 3.44. The third-order valence-corrected chi connectivity index (χ3v) is 3.73. The molecule has 1 heterocycles. The number of pyridine rings is 1. The highest BCUT2D eigenvalue weighted by Gasteiger charge is 2.11. The molecule has 2 aromatic rings. The van der Waals surface area contributed by atoms with Crippen molar-refractivity contribution >= 4 is 15.9 Å². The van der Waals surface area contributed by atoms with Crippen LogP contribution in [0.1, 0.15) is 25.0 Å². The first kappa shape index (κ1) is 15.9. The zero-order chi connectivity index (χ0) is 15.2. The van der Waals surface area contributed by atoms with E-state index < -0.39 is 5.82 Å². The Morgan fingerprint density at radius 3 is 2.71 bits per heavy atom. The number of rotatable bonds is 6. The Hall–Kier alpha value is -1.46. The fourth-order valence-corrected chi connectivity index (χ4v) is 2.17. The summed E-state index contributed by atoms with van der Waals surface area (Å²) in [4.78, 5) is 3.97. The van der Waals surface area contributed by atoms with Gasteiger partial charge < -0.3 is 10.1 Å². The first-order valence-corrected chi connectivity index (χ1v) is 7.60. The number of nitrogens with one attached hydrogen (secondary N) is 1. The zero-order valence-electron chi connectivity index (χ0n) is 12.1. The van der Waals surface area contributed by atoms with E-state index in [1.807, 2.05) is 38.1 Å². The molecule has 0 saturated carbocycles. The quantitative estimate of drug-likeness (QED) is 0.851. The van der Waals surface area contributed by atoms with Gasteiger partial charge in [0.1, 0.15) is 6.61 Å². The summed E-state index contributed by atoms with van der Waals surface area (Å²) in [5, 5.41) is 3.18. The molecule has 0 fully saturated rings. The van der Waals surface area contributed by atoms with Crippen molar-refractivity contribution in [2.24, 2.45) is 0 Å². The lowest BCUT2D eigenvalue weighted by Crippen LogP contribution is -2.22. The average molecular weight is 353 g/mol. The molecule has 1 N–H and O–H groups in total. The maximum Gasteiger partial charge on any atom is 0.251 e. The van der Waals surface area contributed by atoms with Gasteiger partial charge in [-0.15, -0.1) is 0 Å². The summed E-state index contributed by atoms with van der Waals surface area (Å²) in [5.41, 5.74) is 1.50. The molecule has 0 bridgehead atoms. The lowest BCUT2D eigenvalue weighted by atomic mass is 10.2. The van der Waals surface area contributed by atoms with Crippen LogP contribution in [0.3, 0.4) is 0 Å². The third-order valence-electron chi connectivity index (χ3n) is 2.96. The van der Waals surface area contributed by atoms with Crippen LogP contribution in [-0.2, 0) is 13.2 Å². The van der Waals surface area contributed by atoms with E-state index in [1.54, 1.807) is 12.3 Å². The molecule has 0 aliphatic heterocycles. The molecule has 0 aliphatic rings. The van der Waals surface area contributed by atoms with Crippen LogP contribution in [0.4, 0.5) is 4.39 Å². The third kappa shape index (κ3) is 4.51. The molecule has 112 valence electrons. The van der Waals surface area contributed by atoms with E-state index in [1.165, 1.54) is 0 Å². The summed E-state index contributed by atoms with van der Waals surface area (Å²) < 4.78 is 20.7. The van der Waals surface area contributed by atoms with E-state index in [0.717, 1.165) is 10.0 Å². The maximum atomic E-state index is 14.3. The van der Waals surface area contributed by atoms with Crippen LogP contribution in [0.15, 0.2) is 41.0 Å². The van der Waals surface area contributed by atoms with Crippen molar-refractivity contribution in [3.05, 3.63) is 57.9 Å². The number of hydrogen-bond donors (Lipinski definition) is 1. The summed E-state index contributed by atoms with van der Waals surface area (Å²) in [7, 11) is 0. The number of benzene rings is 1. The fourth-order valence-electron chi connectivity index (χ4n) is 1.77. The van der Waals surface area contributed by atoms with E-state index in [9.17, 15) is 4.39 Å². The second-order valence-corrected chi connectivity index (χ2v) is 5.86. The molecular weight excluding hydrogens is 335 g/mol. The van der Waals surface area contributed by atoms with Crippen LogP contribution in [0.5, 0.6) is 5.88 Å². The second kappa shape index (κ2) is 7.52. The second-order valence-electron chi connectivity index (χ2n) is 5.00. The SMILES string of the molecule is CC(C)NCc1ccnc(OCc2ccccc2Br)c1F. The molecule has 5 heteroatoms. The van der Waals surface area contributed by atoms with Crippen molar-refractivity contribution in [3.63, 3.8) is 0 Å². The Morgan fingerprint density at radius 1 is 1.24 bits per heavy atom. The van der Waals surface area contributed by atoms with Crippen LogP contribution in [0, 0.1) is 5.82 Å². The number of aromatic nitrogens is 1. The minimum absolute atomic E-state index is 0.0359. The molecule has 0 radical (unpaired) electrons. The Morgan fingerprint density at radius 2 is 2.00 bits per heavy atom. The lowest BCUT2D eigenvalue weighted by Gasteiger charge is -2.12. The van der Waals surface area contributed by atoms with Gasteiger partial charge in [0.05, 0.1) is 0 Å². The van der Waals surface area contributed by atoms with Gasteiger partial charge >= 0.3 is 0 Å². The molecule has 1 aromatic heterocycles. The first-order chi connectivity index (χ1) is 10.1. The number of nitrogens with zero attached hydrogens (tertiary/aromatic N) is 1. The van der Waals surface area contributed by atoms with E-state index in [-0.39, 0.29) is 12.5 Å². The van der Waals surface area contributed by atoms with Gasteiger partial charge in [-0.2, -0.15) is 0 Å². The van der Waals surface area contributed by atoms with Gasteiger partial charge in [0.2, 0.25) is 0 Å². The monoisotopic (exact) mass is 352 g/mol. The predicted molar refractivity (Wildman–Crippen MR) is 84.6 cm³/mol. The van der Waals surface area contributed by atoms with Gasteiger partial charge in [-0.25, -0.2) is 9.37 Å². The van der Waals surface area contributed by atoms with Gasteiger partial charge in [0, 0.05) is 34.4 Å². The number of halogens is 2. The molecule has 3 nitrogen and oxygen atoms in total. The van der Waals surface area contributed by atoms with E-state index in [4.69, 9.17) is 4.74 Å². The van der Waals surface area contributed by atoms with Crippen LogP contribution < -0.4 is 10.1 Å². The number of ether oxygens (including phenoxy) is 1. The van der Waals surface area contributed by atoms with Crippen LogP contribution in [-0.4, -0.2) is 11.0 Å². The highest BCUT2D eigenvalue weighted by Crippen LogP contribution is 2.21. The molecule has 21 heavy (non-hydrogen) atoms. The molecule has 0 aliphatic carbocycles. The van der Waals surface area contributed by atoms with E-state index >= 15 is 0 Å². The molecule has 0 spiro atoms. The molecule has 0 amide bonds. The Balaban J connectivity index is 2.07. The summed E-state index contributed by atoms with van der Waals surface area (Å²) in [5.74, 6) is -0.369. The topological polar surface area (TPSA) is 34.2 Å². The normalized spacial score (nSPS) is 10.9. The molecule has 2 rings (SSSR count). The Bertz CT molecular complexity index is 605. The van der Waals surface area contributed by atoms with Gasteiger partial charge in [-0.05, 0) is 12.1 Å². The maximum absolute atomic E-state index is 14.3. The average Bonchev–Trinajstić information content (AvgIpc) is 2.46. The van der Waals surface area contributed by atoms with Crippen molar-refractivity contribution in [1.29, 1.82) is 0 Å². The Labute approximate surface area is 132 Å². The van der Waals surface area contributed by atoms with Crippen molar-refractivity contribution in [1.82, 2.24) is 10.3 Å². The molecule has 0 atom stereocenters. The summed E-state index contributed by atoms with van der Waals surface area (Å²) in [6, 6.07) is 9.64. The van der Waals surface area contributed by atoms with Crippen LogP contribution >= 0.6 is 15.9 Å². The van der Waals surface area contributed by atoms with Crippen molar-refractivity contribution in [2.45, 2.75) is 33.0 Å². The fraction of sp³-hybridized carbons (Fsp3) is 0.312. The van der Waals surface area contributed by atoms with Gasteiger partial charge in [-0.3, -0.25) is 0 Å². The zero-order valence-corrected chi connectivity index (χ0v) is 13.7. The minimum Gasteiger partial charge on any atom is -0.471 e. The lowest BCUT2D eigenvalue weighted by molar-refractivity contribution is 0.275. The molecular formula is C16H18BrFN2O. The van der Waals surface area contributed by atoms with Crippen molar-refractivity contribution in [2.75, 3.05) is 0 Å². The first-order valence-electron chi connectivity index (χ1n) is 6.81. The number of hydrogen-bond acceptors (Lipinski definition) is 3. The largest absolute Gasteiger partial charge is 0.471 e. The van der Waals surface area contributed by atoms with Gasteiger partial charge in [0.25, 0.3) is 5.88 Å². The minimum atomic E-state index is -0.405. The van der Waals surface area contributed by atoms with E-state index in [0.29, 0.717) is 18.2 Å². The van der Waals surface area contributed by atoms with Crippen LogP contribution in [0.25, 0.3) is 0 Å². The molecule has 1 aromatic carbocycles. The van der Waals surface area contributed by atoms with Crippen molar-refractivity contribution in [3.8, 4) is 5.88 Å². The smallest absolute Gasteiger partial charge is 0.251 e. The highest BCUT2D eigenvalue weighted by molar-refractivity contribution is 9.10. The standard InChI is InChI=1S/C16H18BrFN2O/c1-11(2)20-9-12-7-8-19-16(15(12)18)21-10-13-5-3-4-6-14(13)17/h3-8,11,20H,9-10H2,1-2H3. The predicted octanol–water partition coefficient (Wildman–Crippen LogP) is 4.06. The van der Waals surface area contributed by atoms with Gasteiger partial charge in [0.15, 0.2) is 5.82 Å².